The first-order valence-electron chi connectivity index (χ1n) is 7.91. The van der Waals surface area contributed by atoms with Crippen molar-refractivity contribution in [2.45, 2.75) is 25.3 Å². The Labute approximate surface area is 139 Å². The second kappa shape index (κ2) is 6.83. The lowest BCUT2D eigenvalue weighted by atomic mass is 9.92. The van der Waals surface area contributed by atoms with Crippen LogP contribution >= 0.6 is 0 Å². The number of carboxylic acid groups (broad SMARTS) is 1. The highest BCUT2D eigenvalue weighted by molar-refractivity contribution is 5.85. The minimum absolute atomic E-state index is 0.193. The van der Waals surface area contributed by atoms with Gasteiger partial charge in [-0.2, -0.15) is 0 Å². The minimum atomic E-state index is -1.02. The molecular formula is C19H18FNO3. The molecule has 0 saturated carbocycles. The summed E-state index contributed by atoms with van der Waals surface area (Å²) in [5, 5.41) is 9.58. The predicted molar refractivity (Wildman–Crippen MR) is 87.0 cm³/mol. The summed E-state index contributed by atoms with van der Waals surface area (Å²) in [6, 6.07) is 12.4. The highest BCUT2D eigenvalue weighted by Gasteiger charge is 2.35. The Morgan fingerprint density at radius 1 is 1.12 bits per heavy atom. The van der Waals surface area contributed by atoms with E-state index in [0.717, 1.165) is 11.1 Å². The fourth-order valence-corrected chi connectivity index (χ4v) is 3.15. The number of amides is 1. The van der Waals surface area contributed by atoms with Gasteiger partial charge in [0.2, 0.25) is 5.91 Å². The first-order valence-corrected chi connectivity index (χ1v) is 7.91. The van der Waals surface area contributed by atoms with Crippen molar-refractivity contribution in [3.63, 3.8) is 0 Å². The molecule has 1 heterocycles. The molecule has 4 nitrogen and oxygen atoms in total. The SMILES string of the molecule is O=C(O)C1c2ccccc2CCN1C(=O)CCc1ccc(F)cc1. The number of carbonyl (C=O) groups is 2. The summed E-state index contributed by atoms with van der Waals surface area (Å²) in [5.41, 5.74) is 2.52. The molecule has 0 saturated heterocycles. The Bertz CT molecular complexity index is 757. The van der Waals surface area contributed by atoms with Crippen molar-refractivity contribution in [1.29, 1.82) is 0 Å². The summed E-state index contributed by atoms with van der Waals surface area (Å²) in [5.74, 6) is -1.53. The van der Waals surface area contributed by atoms with Crippen molar-refractivity contribution in [3.05, 3.63) is 71.0 Å². The van der Waals surface area contributed by atoms with Gasteiger partial charge in [0, 0.05) is 13.0 Å². The summed E-state index contributed by atoms with van der Waals surface area (Å²) >= 11 is 0. The molecule has 2 aromatic rings. The molecule has 0 fully saturated rings. The zero-order chi connectivity index (χ0) is 17.1. The van der Waals surface area contributed by atoms with Gasteiger partial charge in [-0.25, -0.2) is 9.18 Å². The average Bonchev–Trinajstić information content (AvgIpc) is 2.59. The van der Waals surface area contributed by atoms with Crippen LogP contribution in [0.25, 0.3) is 0 Å². The van der Waals surface area contributed by atoms with Crippen LogP contribution in [0.2, 0.25) is 0 Å². The number of rotatable bonds is 4. The van der Waals surface area contributed by atoms with Gasteiger partial charge in [0.1, 0.15) is 5.82 Å². The molecule has 24 heavy (non-hydrogen) atoms. The lowest BCUT2D eigenvalue weighted by Gasteiger charge is -2.34. The van der Waals surface area contributed by atoms with E-state index in [9.17, 15) is 19.1 Å². The zero-order valence-corrected chi connectivity index (χ0v) is 13.1. The molecule has 0 radical (unpaired) electrons. The summed E-state index contributed by atoms with van der Waals surface area (Å²) < 4.78 is 12.9. The molecule has 0 aliphatic carbocycles. The van der Waals surface area contributed by atoms with Gasteiger partial charge in [-0.15, -0.1) is 0 Å². The molecule has 124 valence electrons. The summed E-state index contributed by atoms with van der Waals surface area (Å²) in [7, 11) is 0. The van der Waals surface area contributed by atoms with Crippen molar-refractivity contribution < 1.29 is 19.1 Å². The Hall–Kier alpha value is -2.69. The largest absolute Gasteiger partial charge is 0.479 e. The third kappa shape index (κ3) is 3.30. The molecule has 1 atom stereocenters. The fourth-order valence-electron chi connectivity index (χ4n) is 3.15. The van der Waals surface area contributed by atoms with Gasteiger partial charge in [0.25, 0.3) is 0 Å². The second-order valence-electron chi connectivity index (χ2n) is 5.90. The van der Waals surface area contributed by atoms with Gasteiger partial charge in [-0.3, -0.25) is 4.79 Å². The van der Waals surface area contributed by atoms with Gasteiger partial charge in [-0.05, 0) is 41.7 Å². The second-order valence-corrected chi connectivity index (χ2v) is 5.90. The highest BCUT2D eigenvalue weighted by Crippen LogP contribution is 2.30. The predicted octanol–water partition coefficient (Wildman–Crippen LogP) is 2.97. The number of aryl methyl sites for hydroxylation is 1. The number of aliphatic carboxylic acids is 1. The molecule has 5 heteroatoms. The molecule has 1 amide bonds. The molecule has 3 rings (SSSR count). The number of carbonyl (C=O) groups excluding carboxylic acids is 1. The fraction of sp³-hybridized carbons (Fsp3) is 0.263. The van der Waals surface area contributed by atoms with Crippen molar-refractivity contribution >= 4 is 11.9 Å². The van der Waals surface area contributed by atoms with Crippen LogP contribution in [0.3, 0.4) is 0 Å². The van der Waals surface area contributed by atoms with Crippen molar-refractivity contribution in [2.75, 3.05) is 6.54 Å². The van der Waals surface area contributed by atoms with Crippen LogP contribution in [-0.2, 0) is 22.4 Å². The van der Waals surface area contributed by atoms with E-state index in [4.69, 9.17) is 0 Å². The van der Waals surface area contributed by atoms with E-state index < -0.39 is 12.0 Å². The minimum Gasteiger partial charge on any atom is -0.479 e. The van der Waals surface area contributed by atoms with Gasteiger partial charge in [0.15, 0.2) is 6.04 Å². The standard InChI is InChI=1S/C19H18FNO3/c20-15-8-5-13(6-9-15)7-10-17(22)21-12-11-14-3-1-2-4-16(14)18(21)19(23)24/h1-6,8-9,18H,7,10-12H2,(H,23,24). The molecular weight excluding hydrogens is 309 g/mol. The number of carboxylic acids is 1. The Balaban J connectivity index is 1.74. The molecule has 0 aromatic heterocycles. The van der Waals surface area contributed by atoms with Gasteiger partial charge < -0.3 is 10.0 Å². The zero-order valence-electron chi connectivity index (χ0n) is 13.1. The lowest BCUT2D eigenvalue weighted by Crippen LogP contribution is -2.43. The summed E-state index contributed by atoms with van der Waals surface area (Å²) in [6.45, 7) is 0.399. The van der Waals surface area contributed by atoms with Gasteiger partial charge in [0.05, 0.1) is 0 Å². The first-order chi connectivity index (χ1) is 11.6. The topological polar surface area (TPSA) is 57.6 Å². The molecule has 1 unspecified atom stereocenters. The van der Waals surface area contributed by atoms with E-state index >= 15 is 0 Å². The third-order valence-electron chi connectivity index (χ3n) is 4.38. The van der Waals surface area contributed by atoms with E-state index in [0.29, 0.717) is 24.9 Å². The number of fused-ring (bicyclic) bond motifs is 1. The maximum atomic E-state index is 12.9. The lowest BCUT2D eigenvalue weighted by molar-refractivity contribution is -0.151. The molecule has 1 aliphatic rings. The van der Waals surface area contributed by atoms with Crippen molar-refractivity contribution in [3.8, 4) is 0 Å². The number of nitrogens with zero attached hydrogens (tertiary/aromatic N) is 1. The molecule has 1 N–H and O–H groups in total. The Morgan fingerprint density at radius 2 is 1.83 bits per heavy atom. The normalized spacial score (nSPS) is 16.5. The van der Waals surface area contributed by atoms with E-state index in [1.165, 1.54) is 17.0 Å². The van der Waals surface area contributed by atoms with Crippen molar-refractivity contribution in [2.24, 2.45) is 0 Å². The summed E-state index contributed by atoms with van der Waals surface area (Å²) in [4.78, 5) is 25.7. The van der Waals surface area contributed by atoms with Crippen LogP contribution in [0, 0.1) is 5.82 Å². The van der Waals surface area contributed by atoms with Crippen LogP contribution in [0.4, 0.5) is 4.39 Å². The van der Waals surface area contributed by atoms with Crippen LogP contribution in [0.15, 0.2) is 48.5 Å². The van der Waals surface area contributed by atoms with E-state index in [2.05, 4.69) is 0 Å². The van der Waals surface area contributed by atoms with E-state index in [-0.39, 0.29) is 18.1 Å². The van der Waals surface area contributed by atoms with Crippen molar-refractivity contribution in [1.82, 2.24) is 4.90 Å². The molecule has 1 aliphatic heterocycles. The third-order valence-corrected chi connectivity index (χ3v) is 4.38. The van der Waals surface area contributed by atoms with Crippen LogP contribution in [0.1, 0.15) is 29.2 Å². The summed E-state index contributed by atoms with van der Waals surface area (Å²) in [6.07, 6.45) is 1.32. The van der Waals surface area contributed by atoms with E-state index in [1.807, 2.05) is 12.1 Å². The molecule has 0 spiro atoms. The molecule has 0 bridgehead atoms. The number of hydrogen-bond acceptors (Lipinski definition) is 2. The number of hydrogen-bond donors (Lipinski definition) is 1. The smallest absolute Gasteiger partial charge is 0.331 e. The van der Waals surface area contributed by atoms with Gasteiger partial charge >= 0.3 is 5.97 Å². The number of benzene rings is 2. The highest BCUT2D eigenvalue weighted by atomic mass is 19.1. The first kappa shape index (κ1) is 16.2. The maximum Gasteiger partial charge on any atom is 0.331 e. The quantitative estimate of drug-likeness (QED) is 0.939. The average molecular weight is 327 g/mol. The Kier molecular flexibility index (Phi) is 4.60. The Morgan fingerprint density at radius 3 is 2.54 bits per heavy atom. The monoisotopic (exact) mass is 327 g/mol. The van der Waals surface area contributed by atoms with Crippen LogP contribution in [0.5, 0.6) is 0 Å². The van der Waals surface area contributed by atoms with Crippen LogP contribution < -0.4 is 0 Å². The number of halogens is 1. The molecule has 2 aromatic carbocycles. The van der Waals surface area contributed by atoms with Crippen LogP contribution in [-0.4, -0.2) is 28.4 Å². The van der Waals surface area contributed by atoms with E-state index in [1.54, 1.807) is 24.3 Å². The maximum absolute atomic E-state index is 12.9. The van der Waals surface area contributed by atoms with Gasteiger partial charge in [-0.1, -0.05) is 36.4 Å².